The molecular formula is C20H23NO5. The molecular weight excluding hydrogens is 334 g/mol. The van der Waals surface area contributed by atoms with Gasteiger partial charge < -0.3 is 19.5 Å². The topological polar surface area (TPSA) is 73.9 Å². The zero-order valence-corrected chi connectivity index (χ0v) is 15.2. The van der Waals surface area contributed by atoms with Gasteiger partial charge in [0.1, 0.15) is 11.5 Å². The highest BCUT2D eigenvalue weighted by atomic mass is 16.6. The summed E-state index contributed by atoms with van der Waals surface area (Å²) < 4.78 is 15.5. The third-order valence-corrected chi connectivity index (χ3v) is 3.65. The molecule has 0 aliphatic rings. The molecule has 6 nitrogen and oxygen atoms in total. The molecule has 0 heterocycles. The van der Waals surface area contributed by atoms with Crippen LogP contribution in [0, 0.1) is 6.92 Å². The third kappa shape index (κ3) is 6.12. The first-order valence-electron chi connectivity index (χ1n) is 8.27. The third-order valence-electron chi connectivity index (χ3n) is 3.65. The van der Waals surface area contributed by atoms with Crippen LogP contribution in [0.2, 0.25) is 0 Å². The standard InChI is InChI=1S/C20H23NO5/c1-14-5-4-6-18(11-14)25-13-19(22)26-15(2)20(23)21-12-16-7-9-17(24-3)10-8-16/h4-11,15H,12-13H2,1-3H3,(H,21,23)/t15-/m1/s1. The predicted octanol–water partition coefficient (Wildman–Crippen LogP) is 2.63. The lowest BCUT2D eigenvalue weighted by Gasteiger charge is -2.14. The summed E-state index contributed by atoms with van der Waals surface area (Å²) in [6, 6.07) is 14.7. The molecule has 1 N–H and O–H groups in total. The molecule has 0 aliphatic carbocycles. The molecule has 0 unspecified atom stereocenters. The fourth-order valence-corrected chi connectivity index (χ4v) is 2.21. The first kappa shape index (κ1) is 19.3. The summed E-state index contributed by atoms with van der Waals surface area (Å²) in [6.07, 6.45) is -0.901. The van der Waals surface area contributed by atoms with E-state index in [0.29, 0.717) is 12.3 Å². The Kier molecular flexibility index (Phi) is 7.02. The van der Waals surface area contributed by atoms with E-state index in [1.165, 1.54) is 6.92 Å². The molecule has 0 bridgehead atoms. The largest absolute Gasteiger partial charge is 0.497 e. The van der Waals surface area contributed by atoms with Gasteiger partial charge in [0.25, 0.3) is 5.91 Å². The van der Waals surface area contributed by atoms with Gasteiger partial charge in [0.2, 0.25) is 0 Å². The number of carbonyl (C=O) groups is 2. The van der Waals surface area contributed by atoms with Crippen LogP contribution < -0.4 is 14.8 Å². The van der Waals surface area contributed by atoms with E-state index in [1.807, 2.05) is 49.4 Å². The highest BCUT2D eigenvalue weighted by Crippen LogP contribution is 2.13. The van der Waals surface area contributed by atoms with Crippen LogP contribution in [0.5, 0.6) is 11.5 Å². The molecule has 0 spiro atoms. The zero-order valence-electron chi connectivity index (χ0n) is 15.2. The van der Waals surface area contributed by atoms with Crippen LogP contribution in [0.25, 0.3) is 0 Å². The molecule has 1 atom stereocenters. The van der Waals surface area contributed by atoms with Crippen LogP contribution in [0.15, 0.2) is 48.5 Å². The molecule has 0 aromatic heterocycles. The Bertz CT molecular complexity index is 742. The van der Waals surface area contributed by atoms with E-state index < -0.39 is 12.1 Å². The van der Waals surface area contributed by atoms with Crippen LogP contribution >= 0.6 is 0 Å². The van der Waals surface area contributed by atoms with Crippen LogP contribution in [0.3, 0.4) is 0 Å². The van der Waals surface area contributed by atoms with E-state index in [0.717, 1.165) is 16.9 Å². The van der Waals surface area contributed by atoms with Gasteiger partial charge in [-0.2, -0.15) is 0 Å². The Morgan fingerprint density at radius 3 is 2.46 bits per heavy atom. The Labute approximate surface area is 153 Å². The first-order valence-corrected chi connectivity index (χ1v) is 8.27. The van der Waals surface area contributed by atoms with Gasteiger partial charge in [0.05, 0.1) is 7.11 Å². The summed E-state index contributed by atoms with van der Waals surface area (Å²) in [5, 5.41) is 2.73. The fourth-order valence-electron chi connectivity index (χ4n) is 2.21. The second-order valence-corrected chi connectivity index (χ2v) is 5.80. The quantitative estimate of drug-likeness (QED) is 0.735. The highest BCUT2D eigenvalue weighted by Gasteiger charge is 2.17. The second-order valence-electron chi connectivity index (χ2n) is 5.80. The maximum atomic E-state index is 12.0. The molecule has 138 valence electrons. The highest BCUT2D eigenvalue weighted by molar-refractivity contribution is 5.83. The molecule has 1 amide bonds. The monoisotopic (exact) mass is 357 g/mol. The Morgan fingerprint density at radius 1 is 1.08 bits per heavy atom. The summed E-state index contributed by atoms with van der Waals surface area (Å²) in [5.41, 5.74) is 1.95. The maximum Gasteiger partial charge on any atom is 0.344 e. The summed E-state index contributed by atoms with van der Waals surface area (Å²) in [6.45, 7) is 3.54. The zero-order chi connectivity index (χ0) is 18.9. The predicted molar refractivity (Wildman–Crippen MR) is 97.1 cm³/mol. The van der Waals surface area contributed by atoms with Crippen molar-refractivity contribution in [2.24, 2.45) is 0 Å². The number of hydrogen-bond donors (Lipinski definition) is 1. The lowest BCUT2D eigenvalue weighted by molar-refractivity contribution is -0.156. The number of benzene rings is 2. The number of amides is 1. The van der Waals surface area contributed by atoms with E-state index in [-0.39, 0.29) is 12.5 Å². The van der Waals surface area contributed by atoms with Crippen LogP contribution in [-0.2, 0) is 20.9 Å². The summed E-state index contributed by atoms with van der Waals surface area (Å²) in [5.74, 6) is 0.359. The van der Waals surface area contributed by atoms with E-state index in [4.69, 9.17) is 14.2 Å². The summed E-state index contributed by atoms with van der Waals surface area (Å²) >= 11 is 0. The van der Waals surface area contributed by atoms with Gasteiger partial charge in [-0.1, -0.05) is 24.3 Å². The molecule has 0 fully saturated rings. The SMILES string of the molecule is COc1ccc(CNC(=O)[C@@H](C)OC(=O)COc2cccc(C)c2)cc1. The lowest BCUT2D eigenvalue weighted by atomic mass is 10.2. The average Bonchev–Trinajstić information content (AvgIpc) is 2.65. The average molecular weight is 357 g/mol. The van der Waals surface area contributed by atoms with Crippen molar-refractivity contribution in [2.75, 3.05) is 13.7 Å². The molecule has 0 saturated heterocycles. The van der Waals surface area contributed by atoms with Gasteiger partial charge in [0, 0.05) is 6.54 Å². The number of ether oxygens (including phenoxy) is 3. The molecule has 6 heteroatoms. The van der Waals surface area contributed by atoms with E-state index >= 15 is 0 Å². The van der Waals surface area contributed by atoms with Crippen molar-refractivity contribution in [3.8, 4) is 11.5 Å². The number of hydrogen-bond acceptors (Lipinski definition) is 5. The number of carbonyl (C=O) groups excluding carboxylic acids is 2. The van der Waals surface area contributed by atoms with Crippen LogP contribution in [-0.4, -0.2) is 31.7 Å². The van der Waals surface area contributed by atoms with Crippen molar-refractivity contribution in [3.05, 3.63) is 59.7 Å². The van der Waals surface area contributed by atoms with Crippen molar-refractivity contribution in [1.82, 2.24) is 5.32 Å². The number of aryl methyl sites for hydroxylation is 1. The molecule has 0 aliphatic heterocycles. The molecule has 0 radical (unpaired) electrons. The summed E-state index contributed by atoms with van der Waals surface area (Å²) in [4.78, 5) is 23.9. The first-order chi connectivity index (χ1) is 12.5. The van der Waals surface area contributed by atoms with Crippen molar-refractivity contribution < 1.29 is 23.8 Å². The van der Waals surface area contributed by atoms with Gasteiger partial charge in [-0.3, -0.25) is 4.79 Å². The van der Waals surface area contributed by atoms with E-state index in [2.05, 4.69) is 5.32 Å². The molecule has 2 aromatic carbocycles. The minimum Gasteiger partial charge on any atom is -0.497 e. The summed E-state index contributed by atoms with van der Waals surface area (Å²) in [7, 11) is 1.59. The smallest absolute Gasteiger partial charge is 0.344 e. The normalized spacial score (nSPS) is 11.3. The van der Waals surface area contributed by atoms with Gasteiger partial charge >= 0.3 is 5.97 Å². The Morgan fingerprint density at radius 2 is 1.81 bits per heavy atom. The molecule has 2 rings (SSSR count). The van der Waals surface area contributed by atoms with Crippen molar-refractivity contribution in [3.63, 3.8) is 0 Å². The minimum atomic E-state index is -0.901. The van der Waals surface area contributed by atoms with Gasteiger partial charge in [-0.25, -0.2) is 4.79 Å². The van der Waals surface area contributed by atoms with Crippen molar-refractivity contribution >= 4 is 11.9 Å². The van der Waals surface area contributed by atoms with Crippen molar-refractivity contribution in [1.29, 1.82) is 0 Å². The molecule has 26 heavy (non-hydrogen) atoms. The second kappa shape index (κ2) is 9.46. The van der Waals surface area contributed by atoms with E-state index in [9.17, 15) is 9.59 Å². The number of nitrogens with one attached hydrogen (secondary N) is 1. The maximum absolute atomic E-state index is 12.0. The lowest BCUT2D eigenvalue weighted by Crippen LogP contribution is -2.36. The van der Waals surface area contributed by atoms with Gasteiger partial charge in [-0.15, -0.1) is 0 Å². The molecule has 0 saturated carbocycles. The molecule has 2 aromatic rings. The van der Waals surface area contributed by atoms with Gasteiger partial charge in [0.15, 0.2) is 12.7 Å². The number of esters is 1. The number of rotatable bonds is 8. The van der Waals surface area contributed by atoms with E-state index in [1.54, 1.807) is 13.2 Å². The van der Waals surface area contributed by atoms with Crippen LogP contribution in [0.4, 0.5) is 0 Å². The number of methoxy groups -OCH3 is 1. The van der Waals surface area contributed by atoms with Crippen molar-refractivity contribution in [2.45, 2.75) is 26.5 Å². The Hall–Kier alpha value is -3.02. The Balaban J connectivity index is 1.73. The fraction of sp³-hybridized carbons (Fsp3) is 0.300. The van der Waals surface area contributed by atoms with Gasteiger partial charge in [-0.05, 0) is 49.2 Å². The van der Waals surface area contributed by atoms with Crippen LogP contribution in [0.1, 0.15) is 18.1 Å². The minimum absolute atomic E-state index is 0.250.